The topological polar surface area (TPSA) is 101 Å². The molecule has 0 spiro atoms. The van der Waals surface area contributed by atoms with Crippen LogP contribution in [0.4, 0.5) is 17.1 Å². The highest BCUT2D eigenvalue weighted by atomic mass is 16.3. The first-order valence-corrected chi connectivity index (χ1v) is 5.32. The molecular weight excluding hydrogens is 230 g/mol. The zero-order valence-corrected chi connectivity index (χ0v) is 9.55. The van der Waals surface area contributed by atoms with Crippen LogP contribution in [-0.4, -0.2) is 11.0 Å². The van der Waals surface area contributed by atoms with Gasteiger partial charge in [-0.25, -0.2) is 0 Å². The molecule has 0 fully saturated rings. The van der Waals surface area contributed by atoms with Crippen LogP contribution in [0.15, 0.2) is 42.5 Å². The minimum atomic E-state index is -0.405. The number of nitrogen functional groups attached to an aromatic ring is 2. The molecule has 92 valence electrons. The summed E-state index contributed by atoms with van der Waals surface area (Å²) in [5.74, 6) is -0.476. The minimum Gasteiger partial charge on any atom is -0.507 e. The van der Waals surface area contributed by atoms with E-state index >= 15 is 0 Å². The van der Waals surface area contributed by atoms with E-state index in [1.807, 2.05) is 0 Å². The molecule has 5 heteroatoms. The van der Waals surface area contributed by atoms with Gasteiger partial charge in [0.05, 0.1) is 16.9 Å². The van der Waals surface area contributed by atoms with E-state index in [4.69, 9.17) is 11.5 Å². The van der Waals surface area contributed by atoms with Gasteiger partial charge < -0.3 is 21.9 Å². The second kappa shape index (κ2) is 4.67. The van der Waals surface area contributed by atoms with Gasteiger partial charge in [-0.3, -0.25) is 4.79 Å². The monoisotopic (exact) mass is 243 g/mol. The number of carbonyl (C=O) groups excluding carboxylic acids is 1. The molecule has 0 aliphatic rings. The summed E-state index contributed by atoms with van der Waals surface area (Å²) in [7, 11) is 0. The summed E-state index contributed by atoms with van der Waals surface area (Å²) in [5, 5.41) is 12.2. The maximum atomic E-state index is 11.9. The third-order valence-electron chi connectivity index (χ3n) is 2.49. The molecule has 6 N–H and O–H groups in total. The van der Waals surface area contributed by atoms with Gasteiger partial charge in [0, 0.05) is 5.69 Å². The van der Waals surface area contributed by atoms with Gasteiger partial charge in [-0.1, -0.05) is 12.1 Å². The second-order valence-electron chi connectivity index (χ2n) is 3.81. The first-order valence-electron chi connectivity index (χ1n) is 5.32. The number of phenolic OH excluding ortho intramolecular Hbond substituents is 1. The van der Waals surface area contributed by atoms with E-state index in [2.05, 4.69) is 5.32 Å². The molecule has 0 saturated carbocycles. The Morgan fingerprint density at radius 3 is 2.44 bits per heavy atom. The van der Waals surface area contributed by atoms with E-state index in [9.17, 15) is 9.90 Å². The Kier molecular flexibility index (Phi) is 3.05. The van der Waals surface area contributed by atoms with E-state index in [1.165, 1.54) is 12.1 Å². The third kappa shape index (κ3) is 2.35. The van der Waals surface area contributed by atoms with Crippen LogP contribution in [0.3, 0.4) is 0 Å². The zero-order chi connectivity index (χ0) is 13.1. The van der Waals surface area contributed by atoms with Crippen molar-refractivity contribution in [3.05, 3.63) is 48.0 Å². The lowest BCUT2D eigenvalue weighted by Crippen LogP contribution is -2.12. The summed E-state index contributed by atoms with van der Waals surface area (Å²) >= 11 is 0. The standard InChI is InChI=1S/C13H13N3O2/c14-10-6-5-8(7-11(10)15)16-13(18)9-3-1-2-4-12(9)17/h1-7,17H,14-15H2,(H,16,18). The predicted octanol–water partition coefficient (Wildman–Crippen LogP) is 1.81. The number of benzene rings is 2. The van der Waals surface area contributed by atoms with Crippen molar-refractivity contribution in [3.63, 3.8) is 0 Å². The smallest absolute Gasteiger partial charge is 0.259 e. The van der Waals surface area contributed by atoms with Crippen molar-refractivity contribution in [1.82, 2.24) is 0 Å². The number of amides is 1. The number of nitrogens with one attached hydrogen (secondary N) is 1. The van der Waals surface area contributed by atoms with Crippen LogP contribution in [0, 0.1) is 0 Å². The number of hydrogen-bond donors (Lipinski definition) is 4. The Bertz CT molecular complexity index is 597. The Morgan fingerprint density at radius 1 is 1.06 bits per heavy atom. The molecule has 2 aromatic carbocycles. The summed E-state index contributed by atoms with van der Waals surface area (Å²) in [5.41, 5.74) is 12.8. The van der Waals surface area contributed by atoms with Crippen LogP contribution in [0.2, 0.25) is 0 Å². The van der Waals surface area contributed by atoms with Gasteiger partial charge in [0.2, 0.25) is 0 Å². The first kappa shape index (κ1) is 11.8. The van der Waals surface area contributed by atoms with Crippen molar-refractivity contribution >= 4 is 23.0 Å². The lowest BCUT2D eigenvalue weighted by molar-refractivity contribution is 0.102. The summed E-state index contributed by atoms with van der Waals surface area (Å²) in [4.78, 5) is 11.9. The number of phenols is 1. The highest BCUT2D eigenvalue weighted by Gasteiger charge is 2.10. The molecule has 0 aliphatic heterocycles. The quantitative estimate of drug-likeness (QED) is 0.604. The fourth-order valence-electron chi connectivity index (χ4n) is 1.52. The van der Waals surface area contributed by atoms with Gasteiger partial charge >= 0.3 is 0 Å². The molecule has 0 aromatic heterocycles. The summed E-state index contributed by atoms with van der Waals surface area (Å²) in [6.45, 7) is 0. The van der Waals surface area contributed by atoms with Crippen LogP contribution < -0.4 is 16.8 Å². The number of anilines is 3. The first-order chi connectivity index (χ1) is 8.58. The fraction of sp³-hybridized carbons (Fsp3) is 0. The number of rotatable bonds is 2. The van der Waals surface area contributed by atoms with Gasteiger partial charge in [0.1, 0.15) is 5.75 Å². The Hall–Kier alpha value is -2.69. The molecule has 0 saturated heterocycles. The van der Waals surface area contributed by atoms with E-state index in [0.29, 0.717) is 17.1 Å². The molecule has 1 amide bonds. The van der Waals surface area contributed by atoms with Gasteiger partial charge in [-0.15, -0.1) is 0 Å². The van der Waals surface area contributed by atoms with E-state index in [-0.39, 0.29) is 11.3 Å². The molecule has 0 aliphatic carbocycles. The van der Waals surface area contributed by atoms with E-state index in [0.717, 1.165) is 0 Å². The van der Waals surface area contributed by atoms with Crippen LogP contribution in [-0.2, 0) is 0 Å². The summed E-state index contributed by atoms with van der Waals surface area (Å²) < 4.78 is 0. The number of para-hydroxylation sites is 1. The number of nitrogens with two attached hydrogens (primary N) is 2. The van der Waals surface area contributed by atoms with Gasteiger partial charge in [0.25, 0.3) is 5.91 Å². The van der Waals surface area contributed by atoms with Crippen LogP contribution in [0.5, 0.6) is 5.75 Å². The Balaban J connectivity index is 2.22. The molecular formula is C13H13N3O2. The van der Waals surface area contributed by atoms with Crippen molar-refractivity contribution in [2.75, 3.05) is 16.8 Å². The number of carbonyl (C=O) groups is 1. The number of aromatic hydroxyl groups is 1. The van der Waals surface area contributed by atoms with Crippen LogP contribution >= 0.6 is 0 Å². The van der Waals surface area contributed by atoms with E-state index < -0.39 is 5.91 Å². The average molecular weight is 243 g/mol. The van der Waals surface area contributed by atoms with Crippen molar-refractivity contribution in [2.24, 2.45) is 0 Å². The zero-order valence-electron chi connectivity index (χ0n) is 9.55. The van der Waals surface area contributed by atoms with Gasteiger partial charge in [-0.2, -0.15) is 0 Å². The van der Waals surface area contributed by atoms with Crippen LogP contribution in [0.1, 0.15) is 10.4 Å². The molecule has 0 heterocycles. The molecule has 5 nitrogen and oxygen atoms in total. The highest BCUT2D eigenvalue weighted by molar-refractivity contribution is 6.06. The molecule has 18 heavy (non-hydrogen) atoms. The lowest BCUT2D eigenvalue weighted by atomic mass is 10.2. The SMILES string of the molecule is Nc1ccc(NC(=O)c2ccccc2O)cc1N. The molecule has 0 radical (unpaired) electrons. The van der Waals surface area contributed by atoms with Crippen molar-refractivity contribution < 1.29 is 9.90 Å². The summed E-state index contributed by atoms with van der Waals surface area (Å²) in [6.07, 6.45) is 0. The van der Waals surface area contributed by atoms with Crippen molar-refractivity contribution in [2.45, 2.75) is 0 Å². The predicted molar refractivity (Wildman–Crippen MR) is 71.3 cm³/mol. The Labute approximate surface area is 104 Å². The normalized spacial score (nSPS) is 10.0. The highest BCUT2D eigenvalue weighted by Crippen LogP contribution is 2.22. The fourth-order valence-corrected chi connectivity index (χ4v) is 1.52. The minimum absolute atomic E-state index is 0.0709. The molecule has 0 unspecified atom stereocenters. The number of hydrogen-bond acceptors (Lipinski definition) is 4. The van der Waals surface area contributed by atoms with Crippen molar-refractivity contribution in [3.8, 4) is 5.75 Å². The summed E-state index contributed by atoms with van der Waals surface area (Å²) in [6, 6.07) is 11.1. The molecule has 2 aromatic rings. The van der Waals surface area contributed by atoms with E-state index in [1.54, 1.807) is 30.3 Å². The molecule has 0 atom stereocenters. The van der Waals surface area contributed by atoms with Crippen molar-refractivity contribution in [1.29, 1.82) is 0 Å². The maximum Gasteiger partial charge on any atom is 0.259 e. The second-order valence-corrected chi connectivity index (χ2v) is 3.81. The van der Waals surface area contributed by atoms with Crippen LogP contribution in [0.25, 0.3) is 0 Å². The Morgan fingerprint density at radius 2 is 1.78 bits per heavy atom. The average Bonchev–Trinajstić information content (AvgIpc) is 2.34. The molecule has 2 rings (SSSR count). The maximum absolute atomic E-state index is 11.9. The van der Waals surface area contributed by atoms with Gasteiger partial charge in [0.15, 0.2) is 0 Å². The molecule has 0 bridgehead atoms. The lowest BCUT2D eigenvalue weighted by Gasteiger charge is -2.08. The third-order valence-corrected chi connectivity index (χ3v) is 2.49. The largest absolute Gasteiger partial charge is 0.507 e. The van der Waals surface area contributed by atoms with Gasteiger partial charge in [-0.05, 0) is 30.3 Å².